The average molecular weight is 252 g/mol. The topological polar surface area (TPSA) is 91.5 Å². The Morgan fingerprint density at radius 3 is 2.67 bits per heavy atom. The Kier molecular flexibility index (Phi) is 4.65. The quantitative estimate of drug-likeness (QED) is 0.618. The number of hydrogen-bond donors (Lipinski definition) is 1. The Labute approximate surface area is 105 Å². The summed E-state index contributed by atoms with van der Waals surface area (Å²) in [6.45, 7) is 3.17. The molecule has 18 heavy (non-hydrogen) atoms. The highest BCUT2D eigenvalue weighted by Crippen LogP contribution is 2.28. The largest absolute Gasteiger partial charge is 0.495 e. The van der Waals surface area contributed by atoms with Crippen molar-refractivity contribution in [2.24, 2.45) is 0 Å². The first-order chi connectivity index (χ1) is 8.51. The first kappa shape index (κ1) is 14.0. The standard InChI is InChI=1S/C12H16N2O4/c1-4-18-12(16)10(7(2)15)11-9(17-3)5-8(13)6-14-11/h5-6,10H,4,13H2,1-3H3. The summed E-state index contributed by atoms with van der Waals surface area (Å²) in [7, 11) is 1.42. The van der Waals surface area contributed by atoms with Gasteiger partial charge in [0.05, 0.1) is 25.6 Å². The molecular weight excluding hydrogens is 236 g/mol. The SMILES string of the molecule is CCOC(=O)C(C(C)=O)c1ncc(N)cc1OC. The predicted octanol–water partition coefficient (Wildman–Crippen LogP) is 0.908. The molecule has 1 aromatic rings. The van der Waals surface area contributed by atoms with Crippen molar-refractivity contribution in [3.05, 3.63) is 18.0 Å². The van der Waals surface area contributed by atoms with Crippen LogP contribution in [0.2, 0.25) is 0 Å². The fraction of sp³-hybridized carbons (Fsp3) is 0.417. The normalized spacial score (nSPS) is 11.7. The lowest BCUT2D eigenvalue weighted by Crippen LogP contribution is -2.24. The molecular formula is C12H16N2O4. The second kappa shape index (κ2) is 6.00. The number of ether oxygens (including phenoxy) is 2. The van der Waals surface area contributed by atoms with E-state index in [1.54, 1.807) is 6.92 Å². The third kappa shape index (κ3) is 2.97. The van der Waals surface area contributed by atoms with Crippen LogP contribution in [0.25, 0.3) is 0 Å². The van der Waals surface area contributed by atoms with Crippen molar-refractivity contribution < 1.29 is 19.1 Å². The monoisotopic (exact) mass is 252 g/mol. The molecule has 6 heteroatoms. The number of esters is 1. The Morgan fingerprint density at radius 1 is 1.50 bits per heavy atom. The molecule has 1 atom stereocenters. The Hall–Kier alpha value is -2.11. The van der Waals surface area contributed by atoms with Gasteiger partial charge in [0.15, 0.2) is 5.92 Å². The van der Waals surface area contributed by atoms with Gasteiger partial charge in [-0.05, 0) is 13.8 Å². The molecule has 1 aromatic heterocycles. The van der Waals surface area contributed by atoms with E-state index in [1.165, 1.54) is 26.3 Å². The summed E-state index contributed by atoms with van der Waals surface area (Å²) in [6, 6.07) is 1.51. The highest BCUT2D eigenvalue weighted by atomic mass is 16.5. The summed E-state index contributed by atoms with van der Waals surface area (Å²) in [5.41, 5.74) is 6.18. The van der Waals surface area contributed by atoms with Crippen molar-refractivity contribution in [3.8, 4) is 5.75 Å². The molecule has 0 spiro atoms. The van der Waals surface area contributed by atoms with E-state index in [0.717, 1.165) is 0 Å². The minimum Gasteiger partial charge on any atom is -0.495 e. The van der Waals surface area contributed by atoms with E-state index >= 15 is 0 Å². The molecule has 1 heterocycles. The van der Waals surface area contributed by atoms with Crippen LogP contribution in [0.3, 0.4) is 0 Å². The minimum absolute atomic E-state index is 0.194. The van der Waals surface area contributed by atoms with Crippen molar-refractivity contribution in [1.82, 2.24) is 4.98 Å². The zero-order chi connectivity index (χ0) is 13.7. The first-order valence-electron chi connectivity index (χ1n) is 5.47. The van der Waals surface area contributed by atoms with Crippen molar-refractivity contribution in [1.29, 1.82) is 0 Å². The second-order valence-corrected chi connectivity index (χ2v) is 3.65. The van der Waals surface area contributed by atoms with E-state index in [4.69, 9.17) is 15.2 Å². The predicted molar refractivity (Wildman–Crippen MR) is 65.3 cm³/mol. The highest BCUT2D eigenvalue weighted by molar-refractivity contribution is 6.03. The minimum atomic E-state index is -1.08. The van der Waals surface area contributed by atoms with Crippen LogP contribution in [-0.4, -0.2) is 30.5 Å². The van der Waals surface area contributed by atoms with Gasteiger partial charge >= 0.3 is 5.97 Å². The Morgan fingerprint density at radius 2 is 2.17 bits per heavy atom. The fourth-order valence-electron chi connectivity index (χ4n) is 1.55. The second-order valence-electron chi connectivity index (χ2n) is 3.65. The van der Waals surface area contributed by atoms with Crippen molar-refractivity contribution in [3.63, 3.8) is 0 Å². The van der Waals surface area contributed by atoms with Crippen molar-refractivity contribution in [2.45, 2.75) is 19.8 Å². The van der Waals surface area contributed by atoms with Gasteiger partial charge in [0, 0.05) is 6.07 Å². The number of ketones is 1. The van der Waals surface area contributed by atoms with Gasteiger partial charge in [-0.25, -0.2) is 0 Å². The van der Waals surface area contributed by atoms with Crippen molar-refractivity contribution >= 4 is 17.4 Å². The van der Waals surface area contributed by atoms with Crippen molar-refractivity contribution in [2.75, 3.05) is 19.5 Å². The van der Waals surface area contributed by atoms with Gasteiger partial charge in [-0.2, -0.15) is 0 Å². The molecule has 1 rings (SSSR count). The molecule has 2 N–H and O–H groups in total. The van der Waals surface area contributed by atoms with Gasteiger partial charge < -0.3 is 15.2 Å². The number of nitrogens with two attached hydrogens (primary N) is 1. The zero-order valence-corrected chi connectivity index (χ0v) is 10.6. The number of anilines is 1. The molecule has 0 saturated carbocycles. The maximum Gasteiger partial charge on any atom is 0.322 e. The Bertz CT molecular complexity index is 459. The molecule has 0 aromatic carbocycles. The molecule has 0 radical (unpaired) electrons. The summed E-state index contributed by atoms with van der Waals surface area (Å²) in [5.74, 6) is -1.78. The van der Waals surface area contributed by atoms with E-state index in [2.05, 4.69) is 4.98 Å². The number of rotatable bonds is 5. The number of methoxy groups -OCH3 is 1. The summed E-state index contributed by atoms with van der Waals surface area (Å²) >= 11 is 0. The molecule has 0 fully saturated rings. The first-order valence-corrected chi connectivity index (χ1v) is 5.47. The molecule has 0 amide bonds. The van der Waals surface area contributed by atoms with Crippen LogP contribution in [0.1, 0.15) is 25.5 Å². The van der Waals surface area contributed by atoms with E-state index < -0.39 is 11.9 Å². The van der Waals surface area contributed by atoms with E-state index in [-0.39, 0.29) is 18.1 Å². The Balaban J connectivity index is 3.21. The third-order valence-corrected chi connectivity index (χ3v) is 2.33. The van der Waals surface area contributed by atoms with E-state index in [0.29, 0.717) is 11.4 Å². The summed E-state index contributed by atoms with van der Waals surface area (Å²) in [4.78, 5) is 27.4. The van der Waals surface area contributed by atoms with Gasteiger partial charge in [0.25, 0.3) is 0 Å². The molecule has 98 valence electrons. The molecule has 0 aliphatic rings. The molecule has 0 saturated heterocycles. The van der Waals surface area contributed by atoms with Gasteiger partial charge in [-0.3, -0.25) is 14.6 Å². The van der Waals surface area contributed by atoms with Gasteiger partial charge in [0.1, 0.15) is 17.2 Å². The number of nitrogen functional groups attached to an aromatic ring is 1. The summed E-state index contributed by atoms with van der Waals surface area (Å²) in [6.07, 6.45) is 1.37. The third-order valence-electron chi connectivity index (χ3n) is 2.33. The lowest BCUT2D eigenvalue weighted by molar-refractivity contribution is -0.147. The molecule has 0 aliphatic carbocycles. The van der Waals surface area contributed by atoms with Gasteiger partial charge in [0.2, 0.25) is 0 Å². The number of carbonyl (C=O) groups is 2. The smallest absolute Gasteiger partial charge is 0.322 e. The summed E-state index contributed by atoms with van der Waals surface area (Å²) < 4.78 is 9.95. The zero-order valence-electron chi connectivity index (χ0n) is 10.6. The van der Waals surface area contributed by atoms with E-state index in [9.17, 15) is 9.59 Å². The number of hydrogen-bond acceptors (Lipinski definition) is 6. The average Bonchev–Trinajstić information content (AvgIpc) is 2.31. The van der Waals surface area contributed by atoms with Gasteiger partial charge in [-0.15, -0.1) is 0 Å². The fourth-order valence-corrected chi connectivity index (χ4v) is 1.55. The molecule has 0 aliphatic heterocycles. The van der Waals surface area contributed by atoms with Crippen LogP contribution in [-0.2, 0) is 14.3 Å². The maximum atomic E-state index is 11.8. The van der Waals surface area contributed by atoms with Crippen LogP contribution in [0.4, 0.5) is 5.69 Å². The molecule has 6 nitrogen and oxygen atoms in total. The summed E-state index contributed by atoms with van der Waals surface area (Å²) in [5, 5.41) is 0. The highest BCUT2D eigenvalue weighted by Gasteiger charge is 2.31. The number of carbonyl (C=O) groups excluding carboxylic acids is 2. The number of aromatic nitrogens is 1. The van der Waals surface area contributed by atoms with Crippen LogP contribution in [0, 0.1) is 0 Å². The maximum absolute atomic E-state index is 11.8. The van der Waals surface area contributed by atoms with Gasteiger partial charge in [-0.1, -0.05) is 0 Å². The van der Waals surface area contributed by atoms with Crippen LogP contribution in [0.15, 0.2) is 12.3 Å². The van der Waals surface area contributed by atoms with Crippen LogP contribution < -0.4 is 10.5 Å². The lowest BCUT2D eigenvalue weighted by atomic mass is 9.99. The van der Waals surface area contributed by atoms with Crippen LogP contribution in [0.5, 0.6) is 5.75 Å². The number of nitrogens with zero attached hydrogens (tertiary/aromatic N) is 1. The van der Waals surface area contributed by atoms with Crippen LogP contribution >= 0.6 is 0 Å². The number of pyridine rings is 1. The number of Topliss-reactive ketones (excluding diaryl/α,β-unsaturated/α-hetero) is 1. The molecule has 0 bridgehead atoms. The van der Waals surface area contributed by atoms with E-state index in [1.807, 2.05) is 0 Å². The molecule has 1 unspecified atom stereocenters. The lowest BCUT2D eigenvalue weighted by Gasteiger charge is -2.15.